The van der Waals surface area contributed by atoms with Gasteiger partial charge in [0.25, 0.3) is 0 Å². The molecule has 15 heavy (non-hydrogen) atoms. The minimum absolute atomic E-state index is 0.187. The van der Waals surface area contributed by atoms with E-state index < -0.39 is 0 Å². The molecule has 0 radical (unpaired) electrons. The Morgan fingerprint density at radius 3 is 2.13 bits per heavy atom. The summed E-state index contributed by atoms with van der Waals surface area (Å²) in [6.07, 6.45) is 4.89. The van der Waals surface area contributed by atoms with Gasteiger partial charge in [-0.1, -0.05) is 57.0 Å². The Kier molecular flexibility index (Phi) is 5.78. The van der Waals surface area contributed by atoms with Crippen LogP contribution >= 0.6 is 11.6 Å². The van der Waals surface area contributed by atoms with Crippen molar-refractivity contribution in [2.75, 3.05) is 0 Å². The van der Waals surface area contributed by atoms with Crippen molar-refractivity contribution in [1.29, 1.82) is 0 Å². The molecule has 0 saturated heterocycles. The zero-order valence-corrected chi connectivity index (χ0v) is 10.5. The second-order valence-electron chi connectivity index (χ2n) is 4.14. The largest absolute Gasteiger partial charge is 0.118 e. The van der Waals surface area contributed by atoms with Gasteiger partial charge in [0.15, 0.2) is 0 Å². The third-order valence-electron chi connectivity index (χ3n) is 3.14. The molecule has 0 amide bonds. The molecule has 0 N–H and O–H groups in total. The predicted octanol–water partition coefficient (Wildman–Crippen LogP) is 5.18. The first-order chi connectivity index (χ1) is 7.27. The van der Waals surface area contributed by atoms with Gasteiger partial charge in [-0.25, -0.2) is 0 Å². The second-order valence-corrected chi connectivity index (χ2v) is 4.66. The van der Waals surface area contributed by atoms with Crippen molar-refractivity contribution in [3.05, 3.63) is 35.9 Å². The van der Waals surface area contributed by atoms with Crippen LogP contribution in [-0.2, 0) is 0 Å². The van der Waals surface area contributed by atoms with Crippen molar-refractivity contribution in [2.45, 2.75) is 44.9 Å². The fourth-order valence-corrected chi connectivity index (χ4v) is 2.18. The number of halogens is 1. The average molecular weight is 225 g/mol. The number of alkyl halides is 1. The number of hydrogen-bond donors (Lipinski definition) is 0. The highest BCUT2D eigenvalue weighted by atomic mass is 35.5. The maximum absolute atomic E-state index is 6.36. The summed E-state index contributed by atoms with van der Waals surface area (Å²) in [4.78, 5) is 0. The van der Waals surface area contributed by atoms with Crippen LogP contribution in [0.3, 0.4) is 0 Å². The molecule has 0 aliphatic heterocycles. The molecule has 1 aromatic rings. The Labute approximate surface area is 98.7 Å². The summed E-state index contributed by atoms with van der Waals surface area (Å²) in [5.74, 6) is 0.843. The summed E-state index contributed by atoms with van der Waals surface area (Å²) < 4.78 is 0. The van der Waals surface area contributed by atoms with Crippen molar-refractivity contribution in [1.82, 2.24) is 0 Å². The van der Waals surface area contributed by atoms with Crippen molar-refractivity contribution in [2.24, 2.45) is 5.92 Å². The Hall–Kier alpha value is -0.490. The van der Waals surface area contributed by atoms with Gasteiger partial charge in [-0.15, -0.1) is 11.6 Å². The first-order valence-electron chi connectivity index (χ1n) is 5.96. The van der Waals surface area contributed by atoms with Crippen molar-refractivity contribution < 1.29 is 0 Å². The van der Waals surface area contributed by atoms with Gasteiger partial charge in [0.05, 0.1) is 5.38 Å². The third-order valence-corrected chi connectivity index (χ3v) is 3.61. The maximum atomic E-state index is 6.36. The zero-order chi connectivity index (χ0) is 11.1. The summed E-state index contributed by atoms with van der Waals surface area (Å²) in [7, 11) is 0. The van der Waals surface area contributed by atoms with Gasteiger partial charge in [0.2, 0.25) is 0 Å². The van der Waals surface area contributed by atoms with E-state index in [9.17, 15) is 0 Å². The van der Waals surface area contributed by atoms with Crippen LogP contribution < -0.4 is 0 Å². The van der Waals surface area contributed by atoms with Gasteiger partial charge >= 0.3 is 0 Å². The van der Waals surface area contributed by atoms with Crippen LogP contribution in [0.4, 0.5) is 0 Å². The molecule has 0 bridgehead atoms. The van der Waals surface area contributed by atoms with Crippen LogP contribution in [0.5, 0.6) is 0 Å². The van der Waals surface area contributed by atoms with E-state index in [1.807, 2.05) is 6.07 Å². The smallest absolute Gasteiger partial charge is 0.0585 e. The standard InChI is InChI=1S/C14H21Cl/c1-3-12(4-2)10-11-14(15)13-8-6-5-7-9-13/h5-9,12,14H,3-4,10-11H2,1-2H3. The maximum Gasteiger partial charge on any atom is 0.0585 e. The van der Waals surface area contributed by atoms with E-state index in [1.54, 1.807) is 0 Å². The molecule has 0 nitrogen and oxygen atoms in total. The Bertz CT molecular complexity index is 251. The molecule has 0 aliphatic carbocycles. The molecule has 1 atom stereocenters. The van der Waals surface area contributed by atoms with Crippen molar-refractivity contribution in [3.8, 4) is 0 Å². The van der Waals surface area contributed by atoms with Crippen LogP contribution in [0, 0.1) is 5.92 Å². The second kappa shape index (κ2) is 6.90. The molecule has 1 heteroatoms. The number of rotatable bonds is 6. The van der Waals surface area contributed by atoms with E-state index in [0.717, 1.165) is 12.3 Å². The third kappa shape index (κ3) is 4.25. The highest BCUT2D eigenvalue weighted by Gasteiger charge is 2.10. The van der Waals surface area contributed by atoms with Crippen LogP contribution in [-0.4, -0.2) is 0 Å². The van der Waals surface area contributed by atoms with E-state index in [2.05, 4.69) is 38.1 Å². The predicted molar refractivity (Wildman–Crippen MR) is 68.3 cm³/mol. The fraction of sp³-hybridized carbons (Fsp3) is 0.571. The first-order valence-corrected chi connectivity index (χ1v) is 6.40. The Balaban J connectivity index is 2.39. The molecular formula is C14H21Cl. The Morgan fingerprint density at radius 1 is 1.00 bits per heavy atom. The topological polar surface area (TPSA) is 0 Å². The fourth-order valence-electron chi connectivity index (χ4n) is 1.91. The van der Waals surface area contributed by atoms with Gasteiger partial charge in [-0.3, -0.25) is 0 Å². The van der Waals surface area contributed by atoms with E-state index in [0.29, 0.717) is 0 Å². The average Bonchev–Trinajstić information content (AvgIpc) is 2.31. The summed E-state index contributed by atoms with van der Waals surface area (Å²) in [6, 6.07) is 10.4. The Morgan fingerprint density at radius 2 is 1.60 bits per heavy atom. The number of benzene rings is 1. The SMILES string of the molecule is CCC(CC)CCC(Cl)c1ccccc1. The summed E-state index contributed by atoms with van der Waals surface area (Å²) in [5.41, 5.74) is 1.25. The lowest BCUT2D eigenvalue weighted by Crippen LogP contribution is -1.99. The van der Waals surface area contributed by atoms with E-state index in [4.69, 9.17) is 11.6 Å². The lowest BCUT2D eigenvalue weighted by Gasteiger charge is -2.15. The number of hydrogen-bond acceptors (Lipinski definition) is 0. The van der Waals surface area contributed by atoms with Crippen LogP contribution in [0.25, 0.3) is 0 Å². The quantitative estimate of drug-likeness (QED) is 0.584. The van der Waals surface area contributed by atoms with E-state index >= 15 is 0 Å². The molecule has 0 spiro atoms. The minimum Gasteiger partial charge on any atom is -0.118 e. The van der Waals surface area contributed by atoms with Crippen LogP contribution in [0.15, 0.2) is 30.3 Å². The normalized spacial score (nSPS) is 13.1. The summed E-state index contributed by atoms with van der Waals surface area (Å²) in [6.45, 7) is 4.53. The molecule has 0 aromatic heterocycles. The summed E-state index contributed by atoms with van der Waals surface area (Å²) >= 11 is 6.36. The lowest BCUT2D eigenvalue weighted by molar-refractivity contribution is 0.438. The van der Waals surface area contributed by atoms with Crippen LogP contribution in [0.2, 0.25) is 0 Å². The molecular weight excluding hydrogens is 204 g/mol. The van der Waals surface area contributed by atoms with E-state index in [1.165, 1.54) is 24.8 Å². The van der Waals surface area contributed by atoms with Gasteiger partial charge in [-0.05, 0) is 24.3 Å². The summed E-state index contributed by atoms with van der Waals surface area (Å²) in [5, 5.41) is 0.187. The molecule has 1 rings (SSSR count). The monoisotopic (exact) mass is 224 g/mol. The van der Waals surface area contributed by atoms with Crippen LogP contribution in [0.1, 0.15) is 50.5 Å². The highest BCUT2D eigenvalue weighted by Crippen LogP contribution is 2.28. The molecule has 0 aliphatic rings. The zero-order valence-electron chi connectivity index (χ0n) is 9.75. The van der Waals surface area contributed by atoms with Gasteiger partial charge in [-0.2, -0.15) is 0 Å². The van der Waals surface area contributed by atoms with Crippen molar-refractivity contribution >= 4 is 11.6 Å². The first kappa shape index (κ1) is 12.6. The molecule has 1 aromatic carbocycles. The molecule has 1 unspecified atom stereocenters. The van der Waals surface area contributed by atoms with Gasteiger partial charge in [0.1, 0.15) is 0 Å². The molecule has 0 fully saturated rings. The minimum atomic E-state index is 0.187. The molecule has 0 heterocycles. The van der Waals surface area contributed by atoms with Gasteiger partial charge < -0.3 is 0 Å². The lowest BCUT2D eigenvalue weighted by atomic mass is 9.95. The van der Waals surface area contributed by atoms with Gasteiger partial charge in [0, 0.05) is 0 Å². The van der Waals surface area contributed by atoms with E-state index in [-0.39, 0.29) is 5.38 Å². The highest BCUT2D eigenvalue weighted by molar-refractivity contribution is 6.20. The molecule has 0 saturated carbocycles. The molecule has 84 valence electrons. The van der Waals surface area contributed by atoms with Crippen molar-refractivity contribution in [3.63, 3.8) is 0 Å².